The molecule has 0 bridgehead atoms. The van der Waals surface area contributed by atoms with Crippen molar-refractivity contribution in [2.75, 3.05) is 11.7 Å². The Morgan fingerprint density at radius 3 is 2.92 bits per heavy atom. The number of rotatable bonds is 0. The molecule has 0 fully saturated rings. The SMILES string of the molecule is Nc1ccc2c(c1)S(=O)(=O)CO2. The zero-order chi connectivity index (χ0) is 8.77. The molecule has 0 atom stereocenters. The first-order valence-corrected chi connectivity index (χ1v) is 5.00. The first kappa shape index (κ1) is 7.42. The van der Waals surface area contributed by atoms with Gasteiger partial charge in [-0.2, -0.15) is 0 Å². The number of hydrogen-bond acceptors (Lipinski definition) is 4. The molecule has 12 heavy (non-hydrogen) atoms. The molecule has 1 heterocycles. The normalized spacial score (nSPS) is 18.3. The minimum atomic E-state index is -3.23. The van der Waals surface area contributed by atoms with E-state index in [2.05, 4.69) is 0 Å². The van der Waals surface area contributed by atoms with Crippen LogP contribution in [0.1, 0.15) is 0 Å². The number of anilines is 1. The maximum Gasteiger partial charge on any atom is 0.217 e. The lowest BCUT2D eigenvalue weighted by molar-refractivity contribution is 0.390. The molecule has 0 aliphatic carbocycles. The van der Waals surface area contributed by atoms with Crippen LogP contribution >= 0.6 is 0 Å². The Morgan fingerprint density at radius 1 is 1.42 bits per heavy atom. The van der Waals surface area contributed by atoms with Gasteiger partial charge in [-0.1, -0.05) is 0 Å². The summed E-state index contributed by atoms with van der Waals surface area (Å²) in [5.74, 6) is 0.121. The van der Waals surface area contributed by atoms with Crippen LogP contribution in [0.25, 0.3) is 0 Å². The van der Waals surface area contributed by atoms with Gasteiger partial charge in [0, 0.05) is 5.69 Å². The number of hydrogen-bond donors (Lipinski definition) is 1. The van der Waals surface area contributed by atoms with E-state index in [4.69, 9.17) is 10.5 Å². The third kappa shape index (κ3) is 0.937. The molecule has 2 rings (SSSR count). The van der Waals surface area contributed by atoms with Crippen molar-refractivity contribution < 1.29 is 13.2 Å². The number of fused-ring (bicyclic) bond motifs is 1. The lowest BCUT2D eigenvalue weighted by Gasteiger charge is -1.96. The van der Waals surface area contributed by atoms with Gasteiger partial charge in [-0.15, -0.1) is 0 Å². The summed E-state index contributed by atoms with van der Waals surface area (Å²) >= 11 is 0. The molecule has 4 nitrogen and oxygen atoms in total. The summed E-state index contributed by atoms with van der Waals surface area (Å²) < 4.78 is 27.4. The van der Waals surface area contributed by atoms with Crippen molar-refractivity contribution in [3.8, 4) is 5.75 Å². The van der Waals surface area contributed by atoms with Gasteiger partial charge in [0.15, 0.2) is 5.94 Å². The van der Waals surface area contributed by atoms with E-state index in [-0.39, 0.29) is 10.8 Å². The van der Waals surface area contributed by atoms with Gasteiger partial charge < -0.3 is 10.5 Å². The molecular formula is C7H7NO3S. The second-order valence-electron chi connectivity index (χ2n) is 2.58. The van der Waals surface area contributed by atoms with Crippen LogP contribution in [0.15, 0.2) is 23.1 Å². The molecule has 1 aliphatic heterocycles. The summed E-state index contributed by atoms with van der Waals surface area (Å²) in [5, 5.41) is 0. The summed E-state index contributed by atoms with van der Waals surface area (Å²) in [6, 6.07) is 4.59. The van der Waals surface area contributed by atoms with E-state index >= 15 is 0 Å². The molecule has 1 aromatic carbocycles. The molecule has 5 heteroatoms. The predicted octanol–water partition coefficient (Wildman–Crippen LogP) is 0.392. The largest absolute Gasteiger partial charge is 0.476 e. The van der Waals surface area contributed by atoms with Crippen molar-refractivity contribution in [2.24, 2.45) is 0 Å². The van der Waals surface area contributed by atoms with Crippen LogP contribution in [0.2, 0.25) is 0 Å². The molecule has 0 aromatic heterocycles. The Labute approximate surface area is 69.9 Å². The summed E-state index contributed by atoms with van der Waals surface area (Å²) in [5.41, 5.74) is 5.87. The lowest BCUT2D eigenvalue weighted by Crippen LogP contribution is -2.01. The Kier molecular flexibility index (Phi) is 1.32. The predicted molar refractivity (Wildman–Crippen MR) is 43.5 cm³/mol. The van der Waals surface area contributed by atoms with Gasteiger partial charge in [-0.25, -0.2) is 8.42 Å². The minimum absolute atomic E-state index is 0.197. The molecular weight excluding hydrogens is 178 g/mol. The van der Waals surface area contributed by atoms with Crippen LogP contribution in [0, 0.1) is 0 Å². The average Bonchev–Trinajstić information content (AvgIpc) is 2.28. The van der Waals surface area contributed by atoms with Crippen molar-refractivity contribution in [1.29, 1.82) is 0 Å². The maximum absolute atomic E-state index is 11.2. The Morgan fingerprint density at radius 2 is 2.17 bits per heavy atom. The topological polar surface area (TPSA) is 69.4 Å². The third-order valence-corrected chi connectivity index (χ3v) is 3.09. The molecule has 0 spiro atoms. The van der Waals surface area contributed by atoms with Crippen LogP contribution in [0.5, 0.6) is 5.75 Å². The maximum atomic E-state index is 11.2. The second kappa shape index (κ2) is 2.13. The van der Waals surface area contributed by atoms with Crippen LogP contribution < -0.4 is 10.5 Å². The van der Waals surface area contributed by atoms with E-state index in [0.29, 0.717) is 11.4 Å². The van der Waals surface area contributed by atoms with Crippen LogP contribution in [0.3, 0.4) is 0 Å². The Hall–Kier alpha value is -1.23. The molecule has 64 valence electrons. The van der Waals surface area contributed by atoms with Crippen LogP contribution in [-0.2, 0) is 9.84 Å². The van der Waals surface area contributed by atoms with Gasteiger partial charge in [0.2, 0.25) is 9.84 Å². The van der Waals surface area contributed by atoms with E-state index in [9.17, 15) is 8.42 Å². The highest BCUT2D eigenvalue weighted by molar-refractivity contribution is 7.91. The highest BCUT2D eigenvalue weighted by atomic mass is 32.2. The molecule has 0 radical (unpaired) electrons. The summed E-state index contributed by atoms with van der Waals surface area (Å²) in [6.45, 7) is 0. The Bertz CT molecular complexity index is 424. The molecule has 0 saturated heterocycles. The van der Waals surface area contributed by atoms with E-state index in [1.54, 1.807) is 12.1 Å². The van der Waals surface area contributed by atoms with E-state index in [0.717, 1.165) is 0 Å². The van der Waals surface area contributed by atoms with Crippen molar-refractivity contribution >= 4 is 15.5 Å². The number of ether oxygens (including phenoxy) is 1. The minimum Gasteiger partial charge on any atom is -0.476 e. The van der Waals surface area contributed by atoms with Gasteiger partial charge in [0.25, 0.3) is 0 Å². The average molecular weight is 185 g/mol. The molecule has 2 N–H and O–H groups in total. The van der Waals surface area contributed by atoms with Gasteiger partial charge in [-0.05, 0) is 18.2 Å². The van der Waals surface area contributed by atoms with Gasteiger partial charge in [0.1, 0.15) is 10.6 Å². The van der Waals surface area contributed by atoms with Crippen LogP contribution in [-0.4, -0.2) is 14.4 Å². The molecule has 1 aromatic rings. The molecule has 1 aliphatic rings. The Balaban J connectivity index is 2.73. The smallest absolute Gasteiger partial charge is 0.217 e. The van der Waals surface area contributed by atoms with E-state index in [1.807, 2.05) is 0 Å². The zero-order valence-corrected chi connectivity index (χ0v) is 6.97. The summed E-state index contributed by atoms with van der Waals surface area (Å²) in [4.78, 5) is 0.197. The lowest BCUT2D eigenvalue weighted by atomic mass is 10.3. The highest BCUT2D eigenvalue weighted by Crippen LogP contribution is 2.32. The quantitative estimate of drug-likeness (QED) is 0.594. The molecule has 0 amide bonds. The summed E-state index contributed by atoms with van der Waals surface area (Å²) in [6.07, 6.45) is 0. The standard InChI is InChI=1S/C7H7NO3S/c8-5-1-2-6-7(3-5)12(9,10)4-11-6/h1-3H,4,8H2. The fourth-order valence-corrected chi connectivity index (χ4v) is 2.25. The summed E-state index contributed by atoms with van der Waals surface area (Å²) in [7, 11) is -3.23. The van der Waals surface area contributed by atoms with Crippen LogP contribution in [0.4, 0.5) is 5.69 Å². The van der Waals surface area contributed by atoms with Crippen molar-refractivity contribution in [2.45, 2.75) is 4.90 Å². The van der Waals surface area contributed by atoms with E-state index < -0.39 is 9.84 Å². The number of sulfone groups is 1. The highest BCUT2D eigenvalue weighted by Gasteiger charge is 2.27. The van der Waals surface area contributed by atoms with Gasteiger partial charge >= 0.3 is 0 Å². The number of nitrogen functional groups attached to an aromatic ring is 1. The molecule has 0 saturated carbocycles. The number of nitrogens with two attached hydrogens (primary N) is 1. The van der Waals surface area contributed by atoms with Crippen molar-refractivity contribution in [1.82, 2.24) is 0 Å². The fraction of sp³-hybridized carbons (Fsp3) is 0.143. The number of benzene rings is 1. The fourth-order valence-electron chi connectivity index (χ4n) is 1.09. The van der Waals surface area contributed by atoms with Crippen molar-refractivity contribution in [3.05, 3.63) is 18.2 Å². The molecule has 0 unspecified atom stereocenters. The second-order valence-corrected chi connectivity index (χ2v) is 4.49. The van der Waals surface area contributed by atoms with Crippen molar-refractivity contribution in [3.63, 3.8) is 0 Å². The third-order valence-electron chi connectivity index (χ3n) is 1.67. The monoisotopic (exact) mass is 185 g/mol. The van der Waals surface area contributed by atoms with E-state index in [1.165, 1.54) is 6.07 Å². The zero-order valence-electron chi connectivity index (χ0n) is 6.15. The van der Waals surface area contributed by atoms with Gasteiger partial charge in [-0.3, -0.25) is 0 Å². The van der Waals surface area contributed by atoms with Gasteiger partial charge in [0.05, 0.1) is 0 Å². The first-order chi connectivity index (χ1) is 5.59. The first-order valence-electron chi connectivity index (χ1n) is 3.35.